The van der Waals surface area contributed by atoms with Gasteiger partial charge < -0.3 is 8.85 Å². The molecule has 3 heteroatoms. The highest BCUT2D eigenvalue weighted by atomic mass is 28.4. The lowest BCUT2D eigenvalue weighted by Crippen LogP contribution is -2.37. The zero-order valence-corrected chi connectivity index (χ0v) is 22.9. The van der Waals surface area contributed by atoms with Crippen molar-refractivity contribution in [2.24, 2.45) is 0 Å². The summed E-state index contributed by atoms with van der Waals surface area (Å²) in [5, 5.41) is 0. The Labute approximate surface area is 198 Å². The van der Waals surface area contributed by atoms with Gasteiger partial charge in [0, 0.05) is 13.2 Å². The fourth-order valence-electron chi connectivity index (χ4n) is 4.06. The second-order valence-corrected chi connectivity index (χ2v) is 12.7. The molecule has 0 radical (unpaired) electrons. The SMILES string of the molecule is C=C[Si](C)(OCCCCCCCC)OCCCCCCCCCCCCCCCCC. The van der Waals surface area contributed by atoms with Crippen LogP contribution in [0.15, 0.2) is 12.3 Å². The molecule has 0 aromatic carbocycles. The molecule has 0 amide bonds. The predicted molar refractivity (Wildman–Crippen MR) is 142 cm³/mol. The Balaban J connectivity index is 3.38. The molecule has 0 saturated heterocycles. The molecule has 0 bridgehead atoms. The smallest absolute Gasteiger partial charge is 0.361 e. The number of rotatable bonds is 26. The molecule has 1 unspecified atom stereocenters. The number of hydrogen-bond acceptors (Lipinski definition) is 2. The average Bonchev–Trinajstić information content (AvgIpc) is 2.78. The first-order chi connectivity index (χ1) is 15.2. The van der Waals surface area contributed by atoms with Crippen LogP contribution in [0.4, 0.5) is 0 Å². The van der Waals surface area contributed by atoms with Gasteiger partial charge in [-0.1, -0.05) is 136 Å². The Kier molecular flexibility index (Phi) is 24.4. The van der Waals surface area contributed by atoms with Gasteiger partial charge >= 0.3 is 8.56 Å². The van der Waals surface area contributed by atoms with Crippen LogP contribution in [0.3, 0.4) is 0 Å². The highest BCUT2D eigenvalue weighted by molar-refractivity contribution is 6.71. The quantitative estimate of drug-likeness (QED) is 0.0955. The Morgan fingerprint density at radius 2 is 0.742 bits per heavy atom. The zero-order valence-electron chi connectivity index (χ0n) is 21.9. The molecule has 2 nitrogen and oxygen atoms in total. The van der Waals surface area contributed by atoms with Crippen LogP contribution in [0.5, 0.6) is 0 Å². The minimum absolute atomic E-state index is 0.833. The summed E-state index contributed by atoms with van der Waals surface area (Å²) < 4.78 is 12.2. The maximum Gasteiger partial charge on any atom is 0.361 e. The van der Waals surface area contributed by atoms with E-state index in [0.29, 0.717) is 0 Å². The lowest BCUT2D eigenvalue weighted by Gasteiger charge is -2.23. The van der Waals surface area contributed by atoms with Crippen LogP contribution in [-0.2, 0) is 8.85 Å². The van der Waals surface area contributed by atoms with Crippen molar-refractivity contribution in [2.75, 3.05) is 13.2 Å². The third-order valence-electron chi connectivity index (χ3n) is 6.39. The van der Waals surface area contributed by atoms with Gasteiger partial charge in [0.05, 0.1) is 0 Å². The van der Waals surface area contributed by atoms with Gasteiger partial charge in [-0.25, -0.2) is 0 Å². The van der Waals surface area contributed by atoms with Crippen molar-refractivity contribution in [1.82, 2.24) is 0 Å². The fourth-order valence-corrected chi connectivity index (χ4v) is 5.48. The van der Waals surface area contributed by atoms with Crippen LogP contribution in [0.2, 0.25) is 6.55 Å². The van der Waals surface area contributed by atoms with Crippen LogP contribution >= 0.6 is 0 Å². The van der Waals surface area contributed by atoms with E-state index in [2.05, 4.69) is 27.0 Å². The summed E-state index contributed by atoms with van der Waals surface area (Å²) in [6.07, 6.45) is 28.8. The van der Waals surface area contributed by atoms with E-state index in [-0.39, 0.29) is 0 Å². The van der Waals surface area contributed by atoms with E-state index in [1.807, 2.05) is 5.70 Å². The van der Waals surface area contributed by atoms with Crippen molar-refractivity contribution in [3.05, 3.63) is 12.3 Å². The molecule has 0 aliphatic rings. The Bertz CT molecular complexity index is 361. The van der Waals surface area contributed by atoms with E-state index in [1.54, 1.807) is 0 Å². The molecule has 0 N–H and O–H groups in total. The van der Waals surface area contributed by atoms with E-state index < -0.39 is 8.56 Å². The minimum Gasteiger partial charge on any atom is -0.391 e. The van der Waals surface area contributed by atoms with Crippen molar-refractivity contribution in [2.45, 2.75) is 155 Å². The first-order valence-electron chi connectivity index (χ1n) is 14.1. The van der Waals surface area contributed by atoms with Gasteiger partial charge in [-0.15, -0.1) is 6.58 Å². The van der Waals surface area contributed by atoms with Gasteiger partial charge in [-0.3, -0.25) is 0 Å². The molecule has 0 aromatic heterocycles. The highest BCUT2D eigenvalue weighted by Crippen LogP contribution is 2.15. The third-order valence-corrected chi connectivity index (χ3v) is 8.69. The van der Waals surface area contributed by atoms with Crippen LogP contribution in [0.25, 0.3) is 0 Å². The summed E-state index contributed by atoms with van der Waals surface area (Å²) in [5.41, 5.74) is 1.95. The summed E-state index contributed by atoms with van der Waals surface area (Å²) in [6, 6.07) is 0. The van der Waals surface area contributed by atoms with E-state index in [0.717, 1.165) is 26.1 Å². The maximum atomic E-state index is 6.14. The van der Waals surface area contributed by atoms with Gasteiger partial charge in [0.15, 0.2) is 0 Å². The maximum absolute atomic E-state index is 6.14. The summed E-state index contributed by atoms with van der Waals surface area (Å²) in [6.45, 7) is 12.3. The molecule has 1 atom stereocenters. The second-order valence-electron chi connectivity index (χ2n) is 9.63. The van der Waals surface area contributed by atoms with E-state index in [1.165, 1.54) is 122 Å². The first-order valence-corrected chi connectivity index (χ1v) is 16.5. The predicted octanol–water partition coefficient (Wildman–Crippen LogP) is 10.0. The van der Waals surface area contributed by atoms with E-state index in [4.69, 9.17) is 8.85 Å². The van der Waals surface area contributed by atoms with Crippen molar-refractivity contribution in [3.63, 3.8) is 0 Å². The molecule has 0 aromatic rings. The Morgan fingerprint density at radius 3 is 1.00 bits per heavy atom. The van der Waals surface area contributed by atoms with Crippen LogP contribution in [0, 0.1) is 0 Å². The third kappa shape index (κ3) is 22.8. The molecule has 0 rings (SSSR count). The Morgan fingerprint density at radius 1 is 0.484 bits per heavy atom. The second kappa shape index (κ2) is 24.5. The van der Waals surface area contributed by atoms with Gasteiger partial charge in [0.25, 0.3) is 0 Å². The van der Waals surface area contributed by atoms with Crippen LogP contribution in [-0.4, -0.2) is 21.8 Å². The first kappa shape index (κ1) is 30.9. The fraction of sp³-hybridized carbons (Fsp3) is 0.929. The molecule has 31 heavy (non-hydrogen) atoms. The molecular formula is C28H58O2Si. The van der Waals surface area contributed by atoms with Crippen molar-refractivity contribution in [1.29, 1.82) is 0 Å². The summed E-state index contributed by atoms with van der Waals surface area (Å²) in [4.78, 5) is 0. The Hall–Kier alpha value is -0.123. The minimum atomic E-state index is -2.14. The van der Waals surface area contributed by atoms with Gasteiger partial charge in [0.2, 0.25) is 0 Å². The summed E-state index contributed by atoms with van der Waals surface area (Å²) in [5.74, 6) is 0. The van der Waals surface area contributed by atoms with E-state index in [9.17, 15) is 0 Å². The summed E-state index contributed by atoms with van der Waals surface area (Å²) >= 11 is 0. The topological polar surface area (TPSA) is 18.5 Å². The zero-order chi connectivity index (χ0) is 22.9. The largest absolute Gasteiger partial charge is 0.391 e. The van der Waals surface area contributed by atoms with Gasteiger partial charge in [-0.05, 0) is 25.1 Å². The highest BCUT2D eigenvalue weighted by Gasteiger charge is 2.26. The number of hydrogen-bond donors (Lipinski definition) is 0. The van der Waals surface area contributed by atoms with Crippen LogP contribution in [0.1, 0.15) is 149 Å². The molecule has 0 aliphatic carbocycles. The molecule has 0 heterocycles. The van der Waals surface area contributed by atoms with Gasteiger partial charge in [-0.2, -0.15) is 0 Å². The average molecular weight is 455 g/mol. The van der Waals surface area contributed by atoms with Gasteiger partial charge in [0.1, 0.15) is 0 Å². The molecule has 0 fully saturated rings. The summed E-state index contributed by atoms with van der Waals surface area (Å²) in [7, 11) is -2.14. The van der Waals surface area contributed by atoms with E-state index >= 15 is 0 Å². The molecule has 0 saturated carbocycles. The van der Waals surface area contributed by atoms with Crippen molar-refractivity contribution in [3.8, 4) is 0 Å². The molecular weight excluding hydrogens is 396 g/mol. The molecule has 0 aliphatic heterocycles. The van der Waals surface area contributed by atoms with Crippen molar-refractivity contribution >= 4 is 8.56 Å². The molecule has 186 valence electrons. The lowest BCUT2D eigenvalue weighted by molar-refractivity contribution is 0.177. The standard InChI is InChI=1S/C28H58O2Si/c1-5-8-10-12-14-15-16-17-18-19-20-21-22-24-26-28-30-31(4,7-3)29-27-25-23-13-11-9-6-2/h7H,3,5-6,8-28H2,1-2,4H3. The van der Waals surface area contributed by atoms with Crippen LogP contribution < -0.4 is 0 Å². The monoisotopic (exact) mass is 454 g/mol. The number of unbranched alkanes of at least 4 members (excludes halogenated alkanes) is 19. The lowest BCUT2D eigenvalue weighted by atomic mass is 10.0. The normalized spacial score (nSPS) is 13.4. The molecule has 0 spiro atoms. The van der Waals surface area contributed by atoms with Crippen molar-refractivity contribution < 1.29 is 8.85 Å².